The maximum Gasteiger partial charge on any atom is 0.154 e. The van der Waals surface area contributed by atoms with Crippen molar-refractivity contribution in [2.24, 2.45) is 22.6 Å². The lowest BCUT2D eigenvalue weighted by molar-refractivity contribution is -0.0620. The lowest BCUT2D eigenvalue weighted by Crippen LogP contribution is -2.50. The van der Waals surface area contributed by atoms with Crippen LogP contribution in [0.1, 0.15) is 31.2 Å². The molecule has 3 nitrogen and oxygen atoms in total. The summed E-state index contributed by atoms with van der Waals surface area (Å²) in [6.07, 6.45) is 4.75. The smallest absolute Gasteiger partial charge is 0.154 e. The highest BCUT2D eigenvalue weighted by molar-refractivity contribution is 8.13. The highest BCUT2D eigenvalue weighted by atomic mass is 32.2. The molecule has 1 saturated heterocycles. The number of ether oxygens (including phenoxy) is 1. The molecule has 0 aromatic heterocycles. The third-order valence-electron chi connectivity index (χ3n) is 5.19. The summed E-state index contributed by atoms with van der Waals surface area (Å²) in [7, 11) is 0. The predicted octanol–water partition coefficient (Wildman–Crippen LogP) is 3.43. The molecule has 4 rings (SSSR count). The van der Waals surface area contributed by atoms with Crippen LogP contribution in [0.3, 0.4) is 0 Å². The SMILES string of the molecule is NC1=N[C@]2(c3ccc(F)cc3F)CO[C@H](CC3CC3)C[C@@H]2CS1. The van der Waals surface area contributed by atoms with E-state index in [1.54, 1.807) is 0 Å². The third-order valence-corrected chi connectivity index (χ3v) is 6.15. The van der Waals surface area contributed by atoms with Gasteiger partial charge >= 0.3 is 0 Å². The van der Waals surface area contributed by atoms with Crippen molar-refractivity contribution < 1.29 is 13.5 Å². The van der Waals surface area contributed by atoms with Crippen LogP contribution < -0.4 is 5.73 Å². The Labute approximate surface area is 138 Å². The van der Waals surface area contributed by atoms with Crippen molar-refractivity contribution in [3.63, 3.8) is 0 Å². The number of hydrogen-bond acceptors (Lipinski definition) is 4. The molecule has 1 saturated carbocycles. The van der Waals surface area contributed by atoms with Crippen molar-refractivity contribution in [1.82, 2.24) is 0 Å². The van der Waals surface area contributed by atoms with E-state index < -0.39 is 17.2 Å². The number of benzene rings is 1. The minimum Gasteiger partial charge on any atom is -0.379 e. The molecule has 2 aliphatic heterocycles. The van der Waals surface area contributed by atoms with E-state index in [-0.39, 0.29) is 12.0 Å². The van der Waals surface area contributed by atoms with Gasteiger partial charge in [0.15, 0.2) is 5.17 Å². The fourth-order valence-electron chi connectivity index (χ4n) is 3.78. The van der Waals surface area contributed by atoms with E-state index in [0.29, 0.717) is 17.3 Å². The van der Waals surface area contributed by atoms with Crippen LogP contribution in [-0.4, -0.2) is 23.6 Å². The van der Waals surface area contributed by atoms with Gasteiger partial charge in [0.25, 0.3) is 0 Å². The van der Waals surface area contributed by atoms with Crippen molar-refractivity contribution in [3.05, 3.63) is 35.4 Å². The van der Waals surface area contributed by atoms with E-state index in [1.807, 2.05) is 0 Å². The number of nitrogens with zero attached hydrogens (tertiary/aromatic N) is 1. The number of aliphatic imine (C=N–C) groups is 1. The number of rotatable bonds is 3. The molecule has 0 amide bonds. The first-order chi connectivity index (χ1) is 11.1. The van der Waals surface area contributed by atoms with Gasteiger partial charge in [-0.3, -0.25) is 0 Å². The fraction of sp³-hybridized carbons (Fsp3) is 0.588. The molecule has 124 valence electrons. The highest BCUT2D eigenvalue weighted by Gasteiger charge is 2.49. The number of amidine groups is 1. The zero-order valence-corrected chi connectivity index (χ0v) is 13.6. The number of thioether (sulfide) groups is 1. The summed E-state index contributed by atoms with van der Waals surface area (Å²) in [5.41, 5.74) is 5.52. The van der Waals surface area contributed by atoms with Crippen molar-refractivity contribution in [2.75, 3.05) is 12.4 Å². The molecule has 0 unspecified atom stereocenters. The van der Waals surface area contributed by atoms with Crippen LogP contribution in [-0.2, 0) is 10.3 Å². The number of hydrogen-bond donors (Lipinski definition) is 1. The molecule has 6 heteroatoms. The molecular weight excluding hydrogens is 318 g/mol. The Hall–Kier alpha value is -1.14. The molecule has 23 heavy (non-hydrogen) atoms. The standard InChI is InChI=1S/C17H20F2N2OS/c18-12-3-4-14(15(19)7-12)17-9-22-13(5-10-1-2-10)6-11(17)8-23-16(20)21-17/h3-4,7,10-11,13H,1-2,5-6,8-9H2,(H2,20,21)/t11-,13-,17-/m1/s1. The minimum absolute atomic E-state index is 0.164. The van der Waals surface area contributed by atoms with Gasteiger partial charge in [0.1, 0.15) is 17.2 Å². The van der Waals surface area contributed by atoms with E-state index in [2.05, 4.69) is 4.99 Å². The Morgan fingerprint density at radius 2 is 2.17 bits per heavy atom. The van der Waals surface area contributed by atoms with Crippen LogP contribution >= 0.6 is 11.8 Å². The third kappa shape index (κ3) is 2.87. The summed E-state index contributed by atoms with van der Waals surface area (Å²) in [5.74, 6) is 0.612. The maximum atomic E-state index is 14.4. The molecule has 0 radical (unpaired) electrons. The van der Waals surface area contributed by atoms with Crippen molar-refractivity contribution in [2.45, 2.75) is 37.3 Å². The first-order valence-electron chi connectivity index (χ1n) is 8.12. The van der Waals surface area contributed by atoms with Gasteiger partial charge in [0.05, 0.1) is 12.7 Å². The summed E-state index contributed by atoms with van der Waals surface area (Å²) in [6, 6.07) is 3.70. The van der Waals surface area contributed by atoms with E-state index >= 15 is 0 Å². The van der Waals surface area contributed by atoms with Gasteiger partial charge in [-0.05, 0) is 24.8 Å². The second-order valence-corrected chi connectivity index (χ2v) is 7.89. The fourth-order valence-corrected chi connectivity index (χ4v) is 4.79. The summed E-state index contributed by atoms with van der Waals surface area (Å²) in [6.45, 7) is 0.318. The van der Waals surface area contributed by atoms with E-state index in [9.17, 15) is 8.78 Å². The molecule has 2 N–H and O–H groups in total. The highest BCUT2D eigenvalue weighted by Crippen LogP contribution is 2.48. The lowest BCUT2D eigenvalue weighted by atomic mass is 9.74. The van der Waals surface area contributed by atoms with Gasteiger partial charge in [-0.25, -0.2) is 13.8 Å². The number of nitrogens with two attached hydrogens (primary N) is 1. The Kier molecular flexibility index (Phi) is 3.84. The molecule has 0 spiro atoms. The van der Waals surface area contributed by atoms with Crippen molar-refractivity contribution in [3.8, 4) is 0 Å². The molecule has 1 aliphatic carbocycles. The number of halogens is 2. The van der Waals surface area contributed by atoms with Gasteiger partial charge in [-0.15, -0.1) is 0 Å². The van der Waals surface area contributed by atoms with Crippen LogP contribution in [0, 0.1) is 23.5 Å². The Bertz CT molecular complexity index is 649. The lowest BCUT2D eigenvalue weighted by Gasteiger charge is -2.46. The van der Waals surface area contributed by atoms with Gasteiger partial charge in [-0.2, -0.15) is 0 Å². The Morgan fingerprint density at radius 1 is 1.35 bits per heavy atom. The average molecular weight is 338 g/mol. The van der Waals surface area contributed by atoms with Gasteiger partial charge in [-0.1, -0.05) is 30.7 Å². The topological polar surface area (TPSA) is 47.6 Å². The zero-order valence-electron chi connectivity index (χ0n) is 12.8. The van der Waals surface area contributed by atoms with Crippen LogP contribution in [0.2, 0.25) is 0 Å². The normalized spacial score (nSPS) is 33.9. The van der Waals surface area contributed by atoms with Crippen LogP contribution in [0.25, 0.3) is 0 Å². The first-order valence-corrected chi connectivity index (χ1v) is 9.10. The van der Waals surface area contributed by atoms with Crippen molar-refractivity contribution in [1.29, 1.82) is 0 Å². The Balaban J connectivity index is 1.68. The van der Waals surface area contributed by atoms with Crippen molar-refractivity contribution >= 4 is 16.9 Å². The molecule has 0 bridgehead atoms. The van der Waals surface area contributed by atoms with E-state index in [0.717, 1.165) is 30.6 Å². The van der Waals surface area contributed by atoms with E-state index in [4.69, 9.17) is 10.5 Å². The molecule has 2 heterocycles. The zero-order chi connectivity index (χ0) is 16.0. The minimum atomic E-state index is -0.812. The van der Waals surface area contributed by atoms with Gasteiger partial charge in [0.2, 0.25) is 0 Å². The molecule has 2 fully saturated rings. The quantitative estimate of drug-likeness (QED) is 0.918. The average Bonchev–Trinajstić information content (AvgIpc) is 3.31. The van der Waals surface area contributed by atoms with Crippen LogP contribution in [0.4, 0.5) is 8.78 Å². The first kappa shape index (κ1) is 15.4. The summed E-state index contributed by atoms with van der Waals surface area (Å²) in [4.78, 5) is 4.60. The second kappa shape index (κ2) is 5.74. The summed E-state index contributed by atoms with van der Waals surface area (Å²) in [5, 5.41) is 0.453. The largest absolute Gasteiger partial charge is 0.379 e. The van der Waals surface area contributed by atoms with E-state index in [1.165, 1.54) is 36.7 Å². The molecule has 3 aliphatic rings. The predicted molar refractivity (Wildman–Crippen MR) is 87.3 cm³/mol. The van der Waals surface area contributed by atoms with Crippen LogP contribution in [0.5, 0.6) is 0 Å². The van der Waals surface area contributed by atoms with Gasteiger partial charge in [0, 0.05) is 23.3 Å². The molecule has 1 aromatic carbocycles. The van der Waals surface area contributed by atoms with Gasteiger partial charge < -0.3 is 10.5 Å². The molecular formula is C17H20F2N2OS. The number of fused-ring (bicyclic) bond motifs is 1. The monoisotopic (exact) mass is 338 g/mol. The maximum absolute atomic E-state index is 14.4. The molecule has 1 aromatic rings. The summed E-state index contributed by atoms with van der Waals surface area (Å²) >= 11 is 1.52. The molecule has 3 atom stereocenters. The second-order valence-electron chi connectivity index (χ2n) is 6.85. The van der Waals surface area contributed by atoms with Crippen LogP contribution in [0.15, 0.2) is 23.2 Å². The summed E-state index contributed by atoms with van der Waals surface area (Å²) < 4.78 is 33.8. The Morgan fingerprint density at radius 3 is 2.91 bits per heavy atom.